The molecule has 2 rings (SSSR count). The predicted octanol–water partition coefficient (Wildman–Crippen LogP) is 5.34. The van der Waals surface area contributed by atoms with Crippen LogP contribution in [0.2, 0.25) is 0 Å². The first kappa shape index (κ1) is 14.5. The van der Waals surface area contributed by atoms with Crippen molar-refractivity contribution in [1.29, 1.82) is 0 Å². The first-order valence-electron chi connectivity index (χ1n) is 10.3. The summed E-state index contributed by atoms with van der Waals surface area (Å²) in [7, 11) is 0. The fraction of sp³-hybridized carbons (Fsp3) is 0.455. The van der Waals surface area contributed by atoms with Crippen molar-refractivity contribution in [1.82, 2.24) is 4.90 Å². The summed E-state index contributed by atoms with van der Waals surface area (Å²) in [4.78, 5) is 2.39. The van der Waals surface area contributed by atoms with Crippen LogP contribution in [0.15, 0.2) is 48.5 Å². The molecule has 0 heterocycles. The van der Waals surface area contributed by atoms with E-state index in [0.29, 0.717) is 23.2 Å². The molecule has 0 bridgehead atoms. The molecular weight excluding hydrogens is 294 g/mol. The summed E-state index contributed by atoms with van der Waals surface area (Å²) in [6.07, 6.45) is 0.732. The van der Waals surface area contributed by atoms with Crippen LogP contribution in [0.25, 0.3) is 0 Å². The molecule has 0 aliphatic heterocycles. The third-order valence-electron chi connectivity index (χ3n) is 4.50. The SMILES string of the molecule is [2H]c1c([2H])c(O)c([C@H](CCN(C(C)C)C(C)C)c2ccccc2)c([2H])c1C. The van der Waals surface area contributed by atoms with Gasteiger partial charge in [-0.05, 0) is 59.2 Å². The average Bonchev–Trinajstić information content (AvgIpc) is 2.63. The van der Waals surface area contributed by atoms with Gasteiger partial charge in [-0.25, -0.2) is 0 Å². The van der Waals surface area contributed by atoms with Crippen molar-refractivity contribution in [3.8, 4) is 5.75 Å². The molecule has 130 valence electrons. The zero-order chi connectivity index (χ0) is 20.3. The zero-order valence-electron chi connectivity index (χ0n) is 18.4. The Balaban J connectivity index is 2.53. The van der Waals surface area contributed by atoms with E-state index in [1.54, 1.807) is 6.92 Å². The number of nitrogens with zero attached hydrogens (tertiary/aromatic N) is 1. The molecule has 0 amide bonds. The molecule has 2 aromatic rings. The summed E-state index contributed by atoms with van der Waals surface area (Å²) in [6, 6.07) is 10.6. The predicted molar refractivity (Wildman–Crippen MR) is 103 cm³/mol. The van der Waals surface area contributed by atoms with Crippen molar-refractivity contribution in [2.24, 2.45) is 0 Å². The van der Waals surface area contributed by atoms with Crippen LogP contribution in [-0.4, -0.2) is 28.6 Å². The highest BCUT2D eigenvalue weighted by Gasteiger charge is 2.21. The quantitative estimate of drug-likeness (QED) is 0.741. The Morgan fingerprint density at radius 3 is 2.25 bits per heavy atom. The molecule has 1 N–H and O–H groups in total. The van der Waals surface area contributed by atoms with Crippen LogP contribution in [0.1, 0.15) is 60.8 Å². The number of hydrogen-bond donors (Lipinski definition) is 1. The fourth-order valence-electron chi connectivity index (χ4n) is 3.32. The Hall–Kier alpha value is -1.80. The lowest BCUT2D eigenvalue weighted by Gasteiger charge is -2.32. The maximum absolute atomic E-state index is 10.7. The van der Waals surface area contributed by atoms with Crippen LogP contribution < -0.4 is 0 Å². The number of aromatic hydroxyl groups is 1. The molecule has 0 spiro atoms. The van der Waals surface area contributed by atoms with Gasteiger partial charge in [0, 0.05) is 23.6 Å². The van der Waals surface area contributed by atoms with Crippen LogP contribution in [-0.2, 0) is 0 Å². The number of phenolic OH excluding ortho intramolecular Hbond substituents is 1. The summed E-state index contributed by atoms with van der Waals surface area (Å²) in [5.41, 5.74) is 1.93. The maximum Gasteiger partial charge on any atom is 0.119 e. The number of hydrogen-bond acceptors (Lipinski definition) is 2. The lowest BCUT2D eigenvalue weighted by molar-refractivity contribution is 0.170. The van der Waals surface area contributed by atoms with Crippen molar-refractivity contribution < 1.29 is 9.22 Å². The van der Waals surface area contributed by atoms with E-state index in [-0.39, 0.29) is 29.8 Å². The van der Waals surface area contributed by atoms with E-state index in [9.17, 15) is 5.11 Å². The van der Waals surface area contributed by atoms with Crippen molar-refractivity contribution >= 4 is 0 Å². The van der Waals surface area contributed by atoms with Gasteiger partial charge < -0.3 is 5.11 Å². The highest BCUT2D eigenvalue weighted by atomic mass is 16.3. The van der Waals surface area contributed by atoms with Crippen LogP contribution in [0.4, 0.5) is 0 Å². The topological polar surface area (TPSA) is 23.5 Å². The molecule has 24 heavy (non-hydrogen) atoms. The van der Waals surface area contributed by atoms with E-state index >= 15 is 0 Å². The van der Waals surface area contributed by atoms with E-state index in [2.05, 4.69) is 32.6 Å². The second-order valence-electron chi connectivity index (χ2n) is 6.94. The molecule has 0 unspecified atom stereocenters. The van der Waals surface area contributed by atoms with Crippen molar-refractivity contribution in [2.45, 2.75) is 59.0 Å². The van der Waals surface area contributed by atoms with E-state index in [1.807, 2.05) is 30.3 Å². The standard InChI is InChI=1S/C22H31NO/c1-16(2)23(17(3)4)14-13-20(19-9-7-6-8-10-19)21-15-18(5)11-12-22(21)24/h6-12,15-17,20,24H,13-14H2,1-5H3/t20-/m1/s1/i11D,12D,15D. The molecule has 2 heteroatoms. The van der Waals surface area contributed by atoms with Gasteiger partial charge >= 0.3 is 0 Å². The number of phenols is 1. The largest absolute Gasteiger partial charge is 0.508 e. The van der Waals surface area contributed by atoms with Crippen molar-refractivity contribution in [2.75, 3.05) is 6.54 Å². The number of rotatable bonds is 7. The third-order valence-corrected chi connectivity index (χ3v) is 4.50. The molecule has 0 aromatic heterocycles. The first-order valence-corrected chi connectivity index (χ1v) is 8.76. The van der Waals surface area contributed by atoms with Gasteiger partial charge in [0.25, 0.3) is 0 Å². The Kier molecular flexibility index (Phi) is 5.05. The normalized spacial score (nSPS) is 14.8. The van der Waals surface area contributed by atoms with Gasteiger partial charge in [0.05, 0.1) is 4.11 Å². The third kappa shape index (κ3) is 4.61. The smallest absolute Gasteiger partial charge is 0.119 e. The van der Waals surface area contributed by atoms with E-state index in [0.717, 1.165) is 18.5 Å². The lowest BCUT2D eigenvalue weighted by atomic mass is 9.87. The average molecular weight is 329 g/mol. The highest BCUT2D eigenvalue weighted by Crippen LogP contribution is 2.35. The van der Waals surface area contributed by atoms with Gasteiger partial charge in [-0.1, -0.05) is 48.0 Å². The minimum absolute atomic E-state index is 0.0703. The van der Waals surface area contributed by atoms with E-state index in [4.69, 9.17) is 4.11 Å². The molecular formula is C22H31NO. The maximum atomic E-state index is 10.7. The van der Waals surface area contributed by atoms with Gasteiger partial charge in [0.15, 0.2) is 0 Å². The lowest BCUT2D eigenvalue weighted by Crippen LogP contribution is -2.38. The van der Waals surface area contributed by atoms with Gasteiger partial charge in [-0.15, -0.1) is 0 Å². The van der Waals surface area contributed by atoms with E-state index < -0.39 is 0 Å². The molecule has 2 nitrogen and oxygen atoms in total. The van der Waals surface area contributed by atoms with Gasteiger partial charge in [-0.2, -0.15) is 0 Å². The van der Waals surface area contributed by atoms with Crippen LogP contribution in [0, 0.1) is 6.92 Å². The molecule has 0 fully saturated rings. The second-order valence-corrected chi connectivity index (χ2v) is 6.94. The fourth-order valence-corrected chi connectivity index (χ4v) is 3.32. The van der Waals surface area contributed by atoms with Crippen molar-refractivity contribution in [3.05, 3.63) is 65.1 Å². The Bertz CT molecular complexity index is 738. The molecule has 0 saturated carbocycles. The Morgan fingerprint density at radius 2 is 1.67 bits per heavy atom. The molecule has 0 aliphatic rings. The van der Waals surface area contributed by atoms with E-state index in [1.165, 1.54) is 0 Å². The molecule has 1 atom stereocenters. The summed E-state index contributed by atoms with van der Waals surface area (Å²) < 4.78 is 24.6. The van der Waals surface area contributed by atoms with Gasteiger partial charge in [0.2, 0.25) is 0 Å². The molecule has 2 aromatic carbocycles. The second kappa shape index (κ2) is 8.34. The molecule has 0 saturated heterocycles. The highest BCUT2D eigenvalue weighted by molar-refractivity contribution is 5.43. The first-order chi connectivity index (χ1) is 12.7. The van der Waals surface area contributed by atoms with Crippen LogP contribution in [0.3, 0.4) is 0 Å². The minimum atomic E-state index is -0.231. The minimum Gasteiger partial charge on any atom is -0.508 e. The monoisotopic (exact) mass is 328 g/mol. The molecule has 0 aliphatic carbocycles. The zero-order valence-corrected chi connectivity index (χ0v) is 15.4. The number of benzene rings is 2. The summed E-state index contributed by atoms with van der Waals surface area (Å²) >= 11 is 0. The van der Waals surface area contributed by atoms with Crippen molar-refractivity contribution in [3.63, 3.8) is 0 Å². The Labute approximate surface area is 151 Å². The van der Waals surface area contributed by atoms with Crippen LogP contribution >= 0.6 is 0 Å². The summed E-state index contributed by atoms with van der Waals surface area (Å²) in [6.45, 7) is 11.2. The summed E-state index contributed by atoms with van der Waals surface area (Å²) in [5.74, 6) is -0.424. The van der Waals surface area contributed by atoms with Crippen LogP contribution in [0.5, 0.6) is 5.75 Å². The summed E-state index contributed by atoms with van der Waals surface area (Å²) in [5, 5.41) is 10.7. The Morgan fingerprint density at radius 1 is 1.04 bits per heavy atom. The van der Waals surface area contributed by atoms with Gasteiger partial charge in [0.1, 0.15) is 5.75 Å². The molecule has 0 radical (unpaired) electrons. The van der Waals surface area contributed by atoms with Gasteiger partial charge in [-0.3, -0.25) is 4.90 Å².